The highest BCUT2D eigenvalue weighted by Gasteiger charge is 2.26. The quantitative estimate of drug-likeness (QED) is 0.859. The fraction of sp³-hybridized carbons (Fsp3) is 0.500. The van der Waals surface area contributed by atoms with Gasteiger partial charge in [-0.05, 0) is 29.5 Å². The van der Waals surface area contributed by atoms with Crippen LogP contribution in [0.15, 0.2) is 24.3 Å². The fourth-order valence-corrected chi connectivity index (χ4v) is 1.53. The number of hydrogen-bond donors (Lipinski definition) is 2. The third kappa shape index (κ3) is 4.45. The molecule has 0 bridgehead atoms. The van der Waals surface area contributed by atoms with Gasteiger partial charge < -0.3 is 11.1 Å². The summed E-state index contributed by atoms with van der Waals surface area (Å²) < 4.78 is 12.9. The average molecular weight is 252 g/mol. The van der Waals surface area contributed by atoms with Gasteiger partial charge in [0.15, 0.2) is 0 Å². The van der Waals surface area contributed by atoms with Crippen molar-refractivity contribution in [3.05, 3.63) is 35.6 Å². The third-order valence-electron chi connectivity index (χ3n) is 2.82. The first-order valence-electron chi connectivity index (χ1n) is 6.08. The van der Waals surface area contributed by atoms with E-state index in [2.05, 4.69) is 5.32 Å². The molecule has 0 aromatic heterocycles. The molecule has 1 rings (SSSR count). The third-order valence-corrected chi connectivity index (χ3v) is 2.82. The lowest BCUT2D eigenvalue weighted by Gasteiger charge is -2.25. The Hall–Kier alpha value is -1.42. The Bertz CT molecular complexity index is 413. The van der Waals surface area contributed by atoms with Crippen molar-refractivity contribution in [1.82, 2.24) is 5.32 Å². The maximum Gasteiger partial charge on any atom is 0.237 e. The van der Waals surface area contributed by atoms with Gasteiger partial charge in [-0.1, -0.05) is 32.9 Å². The summed E-state index contributed by atoms with van der Waals surface area (Å²) in [7, 11) is 0. The van der Waals surface area contributed by atoms with E-state index >= 15 is 0 Å². The number of carbonyl (C=O) groups is 1. The van der Waals surface area contributed by atoms with E-state index in [1.165, 1.54) is 12.1 Å². The first-order valence-corrected chi connectivity index (χ1v) is 6.08. The van der Waals surface area contributed by atoms with E-state index in [1.807, 2.05) is 26.8 Å². The summed E-state index contributed by atoms with van der Waals surface area (Å²) in [6, 6.07) is 5.82. The number of rotatable bonds is 4. The van der Waals surface area contributed by atoms with Crippen LogP contribution in [-0.4, -0.2) is 18.5 Å². The molecule has 0 aliphatic carbocycles. The zero-order valence-electron chi connectivity index (χ0n) is 11.2. The van der Waals surface area contributed by atoms with Gasteiger partial charge in [-0.15, -0.1) is 0 Å². The van der Waals surface area contributed by atoms with Crippen LogP contribution < -0.4 is 11.1 Å². The molecule has 1 amide bonds. The van der Waals surface area contributed by atoms with Gasteiger partial charge in [-0.3, -0.25) is 4.79 Å². The van der Waals surface area contributed by atoms with Crippen LogP contribution in [0.5, 0.6) is 0 Å². The van der Waals surface area contributed by atoms with E-state index in [-0.39, 0.29) is 17.1 Å². The number of amides is 1. The molecule has 1 aromatic rings. The molecule has 0 radical (unpaired) electrons. The van der Waals surface area contributed by atoms with Crippen LogP contribution in [0.2, 0.25) is 0 Å². The molecule has 18 heavy (non-hydrogen) atoms. The molecule has 0 saturated carbocycles. The van der Waals surface area contributed by atoms with Gasteiger partial charge in [-0.25, -0.2) is 4.39 Å². The van der Waals surface area contributed by atoms with E-state index in [9.17, 15) is 9.18 Å². The van der Waals surface area contributed by atoms with Crippen LogP contribution in [0.25, 0.3) is 0 Å². The molecule has 0 spiro atoms. The van der Waals surface area contributed by atoms with E-state index in [0.717, 1.165) is 5.56 Å². The molecule has 0 fully saturated rings. The molecule has 0 aliphatic rings. The van der Waals surface area contributed by atoms with Gasteiger partial charge in [0.2, 0.25) is 5.91 Å². The molecule has 1 aromatic carbocycles. The highest BCUT2D eigenvalue weighted by molar-refractivity contribution is 5.82. The van der Waals surface area contributed by atoms with Crippen molar-refractivity contribution in [3.8, 4) is 0 Å². The number of benzene rings is 1. The van der Waals surface area contributed by atoms with Crippen molar-refractivity contribution in [1.29, 1.82) is 0 Å². The van der Waals surface area contributed by atoms with Crippen molar-refractivity contribution in [3.63, 3.8) is 0 Å². The molecule has 3 nitrogen and oxygen atoms in total. The Morgan fingerprint density at radius 1 is 1.44 bits per heavy atom. The predicted molar refractivity (Wildman–Crippen MR) is 70.5 cm³/mol. The number of hydrogen-bond acceptors (Lipinski definition) is 2. The van der Waals surface area contributed by atoms with E-state index in [1.54, 1.807) is 6.07 Å². The summed E-state index contributed by atoms with van der Waals surface area (Å²) >= 11 is 0. The van der Waals surface area contributed by atoms with Gasteiger partial charge >= 0.3 is 0 Å². The number of carbonyl (C=O) groups excluding carboxylic acids is 1. The summed E-state index contributed by atoms with van der Waals surface area (Å²) in [5.41, 5.74) is 6.43. The Morgan fingerprint density at radius 2 is 2.11 bits per heavy atom. The minimum absolute atomic E-state index is 0.168. The summed E-state index contributed by atoms with van der Waals surface area (Å²) in [5, 5.41) is 2.77. The zero-order chi connectivity index (χ0) is 13.8. The van der Waals surface area contributed by atoms with Crippen molar-refractivity contribution in [2.75, 3.05) is 6.54 Å². The Balaban J connectivity index is 2.41. The second-order valence-corrected chi connectivity index (χ2v) is 5.51. The molecule has 0 saturated heterocycles. The first-order chi connectivity index (χ1) is 8.30. The van der Waals surface area contributed by atoms with Crippen LogP contribution in [-0.2, 0) is 11.2 Å². The van der Waals surface area contributed by atoms with Crippen LogP contribution in [0.1, 0.15) is 26.3 Å². The van der Waals surface area contributed by atoms with Gasteiger partial charge in [0.25, 0.3) is 0 Å². The van der Waals surface area contributed by atoms with Crippen LogP contribution in [0.3, 0.4) is 0 Å². The van der Waals surface area contributed by atoms with Crippen molar-refractivity contribution < 1.29 is 9.18 Å². The Labute approximate surface area is 108 Å². The van der Waals surface area contributed by atoms with E-state index < -0.39 is 6.04 Å². The van der Waals surface area contributed by atoms with Crippen molar-refractivity contribution in [2.24, 2.45) is 11.1 Å². The minimum atomic E-state index is -0.537. The molecule has 100 valence electrons. The molecular weight excluding hydrogens is 231 g/mol. The standard InChI is InChI=1S/C14H21FN2O/c1-14(2,3)12(16)13(18)17-8-7-10-5-4-6-11(15)9-10/h4-6,9,12H,7-8,16H2,1-3H3,(H,17,18). The van der Waals surface area contributed by atoms with Gasteiger partial charge in [-0.2, -0.15) is 0 Å². The Kier molecular flexibility index (Phi) is 4.84. The second kappa shape index (κ2) is 5.96. The van der Waals surface area contributed by atoms with Gasteiger partial charge in [0.1, 0.15) is 5.82 Å². The first kappa shape index (κ1) is 14.6. The van der Waals surface area contributed by atoms with Crippen LogP contribution >= 0.6 is 0 Å². The van der Waals surface area contributed by atoms with Crippen LogP contribution in [0, 0.1) is 11.2 Å². The average Bonchev–Trinajstić information content (AvgIpc) is 2.26. The second-order valence-electron chi connectivity index (χ2n) is 5.51. The Morgan fingerprint density at radius 3 is 2.67 bits per heavy atom. The maximum absolute atomic E-state index is 12.9. The van der Waals surface area contributed by atoms with Gasteiger partial charge in [0.05, 0.1) is 6.04 Å². The normalized spacial score (nSPS) is 13.2. The summed E-state index contributed by atoms with van der Waals surface area (Å²) in [4.78, 5) is 11.7. The summed E-state index contributed by atoms with van der Waals surface area (Å²) in [6.07, 6.45) is 0.598. The summed E-state index contributed by atoms with van der Waals surface area (Å²) in [5.74, 6) is -0.427. The fourth-order valence-electron chi connectivity index (χ4n) is 1.53. The zero-order valence-corrected chi connectivity index (χ0v) is 11.2. The largest absolute Gasteiger partial charge is 0.354 e. The molecule has 4 heteroatoms. The van der Waals surface area contributed by atoms with E-state index in [0.29, 0.717) is 13.0 Å². The lowest BCUT2D eigenvalue weighted by Crippen LogP contribution is -2.48. The SMILES string of the molecule is CC(C)(C)C(N)C(=O)NCCc1cccc(F)c1. The lowest BCUT2D eigenvalue weighted by molar-refractivity contribution is -0.124. The minimum Gasteiger partial charge on any atom is -0.354 e. The lowest BCUT2D eigenvalue weighted by atomic mass is 9.87. The molecule has 1 unspecified atom stereocenters. The monoisotopic (exact) mass is 252 g/mol. The molecular formula is C14H21FN2O. The maximum atomic E-state index is 12.9. The van der Waals surface area contributed by atoms with Crippen LogP contribution in [0.4, 0.5) is 4.39 Å². The predicted octanol–water partition coefficient (Wildman–Crippen LogP) is 1.86. The van der Waals surface area contributed by atoms with Crippen molar-refractivity contribution >= 4 is 5.91 Å². The molecule has 3 N–H and O–H groups in total. The molecule has 1 atom stereocenters. The topological polar surface area (TPSA) is 55.1 Å². The number of halogens is 1. The smallest absolute Gasteiger partial charge is 0.237 e. The van der Waals surface area contributed by atoms with Gasteiger partial charge in [0, 0.05) is 6.54 Å². The van der Waals surface area contributed by atoms with Crippen molar-refractivity contribution in [2.45, 2.75) is 33.2 Å². The molecule has 0 heterocycles. The summed E-state index contributed by atoms with van der Waals surface area (Å²) in [6.45, 7) is 6.23. The molecule has 0 aliphatic heterocycles. The highest BCUT2D eigenvalue weighted by Crippen LogP contribution is 2.17. The highest BCUT2D eigenvalue weighted by atomic mass is 19.1. The number of nitrogens with one attached hydrogen (secondary N) is 1. The number of nitrogens with two attached hydrogens (primary N) is 1. The van der Waals surface area contributed by atoms with E-state index in [4.69, 9.17) is 5.73 Å².